The zero-order valence-corrected chi connectivity index (χ0v) is 23.1. The number of carbonyl (C=O) groups is 2. The highest BCUT2D eigenvalue weighted by atomic mass is 32.1. The first kappa shape index (κ1) is 25.8. The topological polar surface area (TPSA) is 86.3 Å². The molecule has 4 aromatic rings. The maximum atomic E-state index is 14.0. The van der Waals surface area contributed by atoms with Gasteiger partial charge in [-0.05, 0) is 44.9 Å². The van der Waals surface area contributed by atoms with Crippen LogP contribution in [0.15, 0.2) is 52.5 Å². The zero-order chi connectivity index (χ0) is 26.9. The summed E-state index contributed by atoms with van der Waals surface area (Å²) >= 11 is 1.59. The number of furan rings is 1. The lowest BCUT2D eigenvalue weighted by Gasteiger charge is -2.33. The molecule has 0 radical (unpaired) electrons. The number of hydrogen-bond donors (Lipinski definition) is 0. The van der Waals surface area contributed by atoms with E-state index in [0.717, 1.165) is 47.5 Å². The van der Waals surface area contributed by atoms with Crippen LogP contribution >= 0.6 is 11.3 Å². The van der Waals surface area contributed by atoms with Gasteiger partial charge in [-0.3, -0.25) is 14.1 Å². The van der Waals surface area contributed by atoms with Crippen molar-refractivity contribution >= 4 is 34.1 Å². The van der Waals surface area contributed by atoms with Gasteiger partial charge in [0, 0.05) is 47.5 Å². The van der Waals surface area contributed by atoms with Crippen molar-refractivity contribution in [3.63, 3.8) is 0 Å². The van der Waals surface area contributed by atoms with Crippen LogP contribution in [0.5, 0.6) is 0 Å². The molecule has 1 aromatic carbocycles. The van der Waals surface area contributed by atoms with Crippen LogP contribution in [0.2, 0.25) is 0 Å². The molecule has 8 nitrogen and oxygen atoms in total. The molecule has 2 aliphatic rings. The Balaban J connectivity index is 1.35. The Morgan fingerprint density at radius 3 is 2.59 bits per heavy atom. The number of imidazole rings is 1. The third kappa shape index (κ3) is 5.13. The summed E-state index contributed by atoms with van der Waals surface area (Å²) in [6.45, 7) is 5.24. The van der Waals surface area contributed by atoms with Gasteiger partial charge in [0.05, 0.1) is 24.9 Å². The van der Waals surface area contributed by atoms with Crippen LogP contribution in [0.4, 0.5) is 5.88 Å². The van der Waals surface area contributed by atoms with E-state index in [2.05, 4.69) is 11.9 Å². The standard InChI is InChI=1S/C30H33N3O5S/c1-3-37-29(35)24-16-26(21-10-8-20(9-11-21)25-17-32-13-15-39-30(32)31-25)38-28(24)33(23-12-14-36-18-23)27(34)22-6-4-19(2)5-7-22/h8-11,13,15-17,19,22-23H,3-7,12,14,18H2,1-2H3. The number of nitrogens with zero attached hydrogens (tertiary/aromatic N) is 3. The van der Waals surface area contributed by atoms with Gasteiger partial charge in [-0.1, -0.05) is 31.2 Å². The van der Waals surface area contributed by atoms with Gasteiger partial charge in [-0.15, -0.1) is 11.3 Å². The van der Waals surface area contributed by atoms with Crippen molar-refractivity contribution in [1.29, 1.82) is 0 Å². The monoisotopic (exact) mass is 547 g/mol. The van der Waals surface area contributed by atoms with Crippen LogP contribution in [0, 0.1) is 11.8 Å². The van der Waals surface area contributed by atoms with Crippen LogP contribution in [0.3, 0.4) is 0 Å². The smallest absolute Gasteiger partial charge is 0.343 e. The molecule has 9 heteroatoms. The molecule has 6 rings (SSSR count). The summed E-state index contributed by atoms with van der Waals surface area (Å²) in [5.41, 5.74) is 2.95. The van der Waals surface area contributed by atoms with E-state index in [0.29, 0.717) is 31.3 Å². The number of carbonyl (C=O) groups excluding carboxylic acids is 2. The molecule has 39 heavy (non-hydrogen) atoms. The lowest BCUT2D eigenvalue weighted by Crippen LogP contribution is -2.45. The SMILES string of the molecule is CCOC(=O)c1cc(-c2ccc(-c3cn4ccsc4n3)cc2)oc1N(C(=O)C1CCC(C)CC1)C1CCOC1. The number of rotatable bonds is 7. The van der Waals surface area contributed by atoms with Crippen molar-refractivity contribution in [2.24, 2.45) is 11.8 Å². The molecule has 3 aromatic heterocycles. The molecule has 2 fully saturated rings. The number of ether oxygens (including phenoxy) is 2. The summed E-state index contributed by atoms with van der Waals surface area (Å²) in [7, 11) is 0. The van der Waals surface area contributed by atoms with Gasteiger partial charge in [0.25, 0.3) is 0 Å². The highest BCUT2D eigenvalue weighted by molar-refractivity contribution is 7.15. The van der Waals surface area contributed by atoms with Gasteiger partial charge in [0.15, 0.2) is 4.96 Å². The number of hydrogen-bond acceptors (Lipinski definition) is 7. The third-order valence-electron chi connectivity index (χ3n) is 7.86. The van der Waals surface area contributed by atoms with Crippen molar-refractivity contribution in [2.75, 3.05) is 24.7 Å². The minimum Gasteiger partial charge on any atom is -0.462 e. The fourth-order valence-corrected chi connectivity index (χ4v) is 6.30. The Bertz CT molecular complexity index is 1430. The number of thiazole rings is 1. The number of amides is 1. The molecule has 0 spiro atoms. The largest absolute Gasteiger partial charge is 0.462 e. The van der Waals surface area contributed by atoms with Gasteiger partial charge in [-0.2, -0.15) is 0 Å². The molecule has 1 unspecified atom stereocenters. The zero-order valence-electron chi connectivity index (χ0n) is 22.3. The van der Waals surface area contributed by atoms with E-state index < -0.39 is 5.97 Å². The predicted molar refractivity (Wildman–Crippen MR) is 150 cm³/mol. The second-order valence-electron chi connectivity index (χ2n) is 10.5. The van der Waals surface area contributed by atoms with Crippen molar-refractivity contribution in [3.05, 3.63) is 53.7 Å². The molecule has 1 aliphatic carbocycles. The summed E-state index contributed by atoms with van der Waals surface area (Å²) in [5.74, 6) is 0.837. The summed E-state index contributed by atoms with van der Waals surface area (Å²) in [6, 6.07) is 9.41. The first-order chi connectivity index (χ1) is 19.0. The molecule has 0 bridgehead atoms. The average molecular weight is 548 g/mol. The summed E-state index contributed by atoms with van der Waals surface area (Å²) in [4.78, 5) is 34.4. The Hall–Kier alpha value is -3.43. The molecule has 1 atom stereocenters. The van der Waals surface area contributed by atoms with Gasteiger partial charge < -0.3 is 13.9 Å². The Morgan fingerprint density at radius 2 is 1.90 bits per heavy atom. The Morgan fingerprint density at radius 1 is 1.13 bits per heavy atom. The van der Waals surface area contributed by atoms with Gasteiger partial charge >= 0.3 is 5.97 Å². The van der Waals surface area contributed by atoms with Crippen molar-refractivity contribution in [2.45, 2.75) is 52.0 Å². The quantitative estimate of drug-likeness (QED) is 0.247. The van der Waals surface area contributed by atoms with E-state index in [9.17, 15) is 9.59 Å². The van der Waals surface area contributed by atoms with Crippen molar-refractivity contribution in [3.8, 4) is 22.6 Å². The molecule has 1 amide bonds. The molecule has 1 aliphatic heterocycles. The minimum absolute atomic E-state index is 0.0129. The maximum absolute atomic E-state index is 14.0. The predicted octanol–water partition coefficient (Wildman–Crippen LogP) is 6.45. The highest BCUT2D eigenvalue weighted by Gasteiger charge is 2.39. The molecule has 1 saturated carbocycles. The van der Waals surface area contributed by atoms with Gasteiger partial charge in [-0.25, -0.2) is 9.78 Å². The van der Waals surface area contributed by atoms with Crippen LogP contribution in [-0.4, -0.2) is 47.1 Å². The van der Waals surface area contributed by atoms with Crippen molar-refractivity contribution < 1.29 is 23.5 Å². The Labute approximate surface area is 231 Å². The van der Waals surface area contributed by atoms with E-state index in [1.54, 1.807) is 29.2 Å². The van der Waals surface area contributed by atoms with E-state index in [-0.39, 0.29) is 35.9 Å². The molecular formula is C30H33N3O5S. The fraction of sp³-hybridized carbons (Fsp3) is 0.433. The normalized spacial score (nSPS) is 21.3. The average Bonchev–Trinajstić information content (AvgIpc) is 3.74. The second-order valence-corrected chi connectivity index (χ2v) is 11.4. The summed E-state index contributed by atoms with van der Waals surface area (Å²) in [5, 5.41) is 2.01. The summed E-state index contributed by atoms with van der Waals surface area (Å²) in [6.07, 6.45) is 8.44. The van der Waals surface area contributed by atoms with Crippen molar-refractivity contribution in [1.82, 2.24) is 9.38 Å². The van der Waals surface area contributed by atoms with E-state index >= 15 is 0 Å². The van der Waals surface area contributed by atoms with Crippen LogP contribution in [0.25, 0.3) is 27.5 Å². The first-order valence-electron chi connectivity index (χ1n) is 13.8. The van der Waals surface area contributed by atoms with Crippen LogP contribution in [-0.2, 0) is 14.3 Å². The molecule has 0 N–H and O–H groups in total. The van der Waals surface area contributed by atoms with Gasteiger partial charge in [0.1, 0.15) is 11.3 Å². The number of esters is 1. The number of benzene rings is 1. The minimum atomic E-state index is -0.494. The second kappa shape index (κ2) is 11.0. The molecule has 4 heterocycles. The maximum Gasteiger partial charge on any atom is 0.343 e. The first-order valence-corrected chi connectivity index (χ1v) is 14.6. The number of aromatic nitrogens is 2. The third-order valence-corrected chi connectivity index (χ3v) is 8.63. The van der Waals surface area contributed by atoms with Crippen LogP contribution in [0.1, 0.15) is 56.3 Å². The lowest BCUT2D eigenvalue weighted by molar-refractivity contribution is -0.124. The fourth-order valence-electron chi connectivity index (χ4n) is 5.60. The van der Waals surface area contributed by atoms with E-state index in [4.69, 9.17) is 13.9 Å². The molecular weight excluding hydrogens is 514 g/mol. The van der Waals surface area contributed by atoms with Crippen LogP contribution < -0.4 is 4.90 Å². The number of fused-ring (bicyclic) bond motifs is 1. The highest BCUT2D eigenvalue weighted by Crippen LogP contribution is 2.38. The summed E-state index contributed by atoms with van der Waals surface area (Å²) < 4.78 is 19.4. The van der Waals surface area contributed by atoms with E-state index in [1.807, 2.05) is 46.4 Å². The Kier molecular flexibility index (Phi) is 7.27. The molecule has 1 saturated heterocycles. The molecule has 204 valence electrons. The van der Waals surface area contributed by atoms with Gasteiger partial charge in [0.2, 0.25) is 11.8 Å². The van der Waals surface area contributed by atoms with E-state index in [1.165, 1.54) is 0 Å². The number of anilines is 1. The lowest BCUT2D eigenvalue weighted by atomic mass is 9.82.